The molecular formula is C13H12Cl2N2O. The predicted octanol–water partition coefficient (Wildman–Crippen LogP) is 3.88. The molecule has 1 aromatic heterocycles. The van der Waals surface area contributed by atoms with E-state index in [0.29, 0.717) is 23.9 Å². The van der Waals surface area contributed by atoms with E-state index in [9.17, 15) is 0 Å². The largest absolute Gasteiger partial charge is 0.490 e. The lowest BCUT2D eigenvalue weighted by molar-refractivity contribution is 0.331. The minimum absolute atomic E-state index is 0.532. The highest BCUT2D eigenvalue weighted by Gasteiger charge is 1.96. The summed E-state index contributed by atoms with van der Waals surface area (Å²) in [5, 5.41) is 4.51. The molecule has 0 spiro atoms. The molecule has 5 heteroatoms. The first-order chi connectivity index (χ1) is 8.74. The van der Waals surface area contributed by atoms with Crippen molar-refractivity contribution in [2.24, 2.45) is 0 Å². The predicted molar refractivity (Wildman–Crippen MR) is 74.7 cm³/mol. The fourth-order valence-electron chi connectivity index (χ4n) is 1.40. The maximum Gasteiger partial charge on any atom is 0.139 e. The Kier molecular flexibility index (Phi) is 4.67. The Morgan fingerprint density at radius 2 is 1.83 bits per heavy atom. The van der Waals surface area contributed by atoms with Gasteiger partial charge in [-0.25, -0.2) is 0 Å². The van der Waals surface area contributed by atoms with Crippen molar-refractivity contribution < 1.29 is 4.74 Å². The van der Waals surface area contributed by atoms with Crippen LogP contribution >= 0.6 is 23.2 Å². The van der Waals surface area contributed by atoms with Gasteiger partial charge in [0.2, 0.25) is 0 Å². The summed E-state index contributed by atoms with van der Waals surface area (Å²) in [6.07, 6.45) is 3.20. The summed E-state index contributed by atoms with van der Waals surface area (Å²) in [6, 6.07) is 9.25. The topological polar surface area (TPSA) is 34.1 Å². The third-order valence-electron chi connectivity index (χ3n) is 2.22. The molecular weight excluding hydrogens is 271 g/mol. The van der Waals surface area contributed by atoms with E-state index in [1.165, 1.54) is 0 Å². The van der Waals surface area contributed by atoms with E-state index in [1.807, 2.05) is 24.3 Å². The lowest BCUT2D eigenvalue weighted by atomic mass is 10.3. The van der Waals surface area contributed by atoms with Crippen LogP contribution in [0.15, 0.2) is 42.7 Å². The van der Waals surface area contributed by atoms with E-state index in [0.717, 1.165) is 10.7 Å². The number of benzene rings is 1. The average Bonchev–Trinajstić information content (AvgIpc) is 2.37. The van der Waals surface area contributed by atoms with Crippen LogP contribution < -0.4 is 10.1 Å². The summed E-state index contributed by atoms with van der Waals surface area (Å²) < 4.78 is 5.50. The van der Waals surface area contributed by atoms with Gasteiger partial charge in [-0.1, -0.05) is 23.2 Å². The van der Waals surface area contributed by atoms with Gasteiger partial charge in [0.15, 0.2) is 0 Å². The van der Waals surface area contributed by atoms with Crippen LogP contribution in [0.3, 0.4) is 0 Å². The standard InChI is InChI=1S/C13H12Cl2N2O/c14-10-1-3-12(4-2-10)17-5-6-18-13-7-11(15)8-16-9-13/h1-4,7-9,17H,5-6H2. The summed E-state index contributed by atoms with van der Waals surface area (Å²) in [5.41, 5.74) is 1.01. The number of nitrogens with zero attached hydrogens (tertiary/aromatic N) is 1. The third-order valence-corrected chi connectivity index (χ3v) is 2.68. The van der Waals surface area contributed by atoms with Gasteiger partial charge in [-0.2, -0.15) is 0 Å². The number of pyridine rings is 1. The molecule has 0 unspecified atom stereocenters. The van der Waals surface area contributed by atoms with E-state index < -0.39 is 0 Å². The fourth-order valence-corrected chi connectivity index (χ4v) is 1.69. The molecule has 2 aromatic rings. The second-order valence-electron chi connectivity index (χ2n) is 3.62. The number of aromatic nitrogens is 1. The van der Waals surface area contributed by atoms with Gasteiger partial charge in [0, 0.05) is 29.5 Å². The van der Waals surface area contributed by atoms with Crippen molar-refractivity contribution >= 4 is 28.9 Å². The van der Waals surface area contributed by atoms with Crippen molar-refractivity contribution in [2.75, 3.05) is 18.5 Å². The number of hydrogen-bond acceptors (Lipinski definition) is 3. The van der Waals surface area contributed by atoms with Crippen LogP contribution in [-0.4, -0.2) is 18.1 Å². The fraction of sp³-hybridized carbons (Fsp3) is 0.154. The van der Waals surface area contributed by atoms with Gasteiger partial charge in [0.25, 0.3) is 0 Å². The minimum atomic E-state index is 0.532. The molecule has 18 heavy (non-hydrogen) atoms. The number of rotatable bonds is 5. The Labute approximate surface area is 116 Å². The lowest BCUT2D eigenvalue weighted by Gasteiger charge is -2.08. The second kappa shape index (κ2) is 6.47. The minimum Gasteiger partial charge on any atom is -0.490 e. The van der Waals surface area contributed by atoms with Crippen LogP contribution in [0.1, 0.15) is 0 Å². The van der Waals surface area contributed by atoms with Crippen molar-refractivity contribution in [3.05, 3.63) is 52.8 Å². The van der Waals surface area contributed by atoms with Gasteiger partial charge in [-0.3, -0.25) is 4.98 Å². The summed E-state index contributed by atoms with van der Waals surface area (Å²) >= 11 is 11.6. The number of anilines is 1. The normalized spacial score (nSPS) is 10.1. The molecule has 0 radical (unpaired) electrons. The molecule has 0 aliphatic heterocycles. The number of hydrogen-bond donors (Lipinski definition) is 1. The molecule has 0 saturated carbocycles. The van der Waals surface area contributed by atoms with Crippen LogP contribution in [0.2, 0.25) is 10.0 Å². The molecule has 1 N–H and O–H groups in total. The third kappa shape index (κ3) is 4.09. The Morgan fingerprint density at radius 1 is 1.06 bits per heavy atom. The van der Waals surface area contributed by atoms with Crippen LogP contribution in [-0.2, 0) is 0 Å². The Bertz CT molecular complexity index is 503. The van der Waals surface area contributed by atoms with Gasteiger partial charge in [-0.15, -0.1) is 0 Å². The highest BCUT2D eigenvalue weighted by molar-refractivity contribution is 6.30. The Morgan fingerprint density at radius 3 is 2.56 bits per heavy atom. The van der Waals surface area contributed by atoms with E-state index in [4.69, 9.17) is 27.9 Å². The number of ether oxygens (including phenoxy) is 1. The maximum absolute atomic E-state index is 5.80. The van der Waals surface area contributed by atoms with Crippen molar-refractivity contribution in [3.63, 3.8) is 0 Å². The van der Waals surface area contributed by atoms with Crippen LogP contribution in [0.4, 0.5) is 5.69 Å². The Hall–Kier alpha value is -1.45. The van der Waals surface area contributed by atoms with Crippen molar-refractivity contribution in [1.29, 1.82) is 0 Å². The molecule has 0 fully saturated rings. The zero-order valence-corrected chi connectivity index (χ0v) is 11.1. The molecule has 0 amide bonds. The van der Waals surface area contributed by atoms with Crippen LogP contribution in [0, 0.1) is 0 Å². The number of nitrogens with one attached hydrogen (secondary N) is 1. The first-order valence-electron chi connectivity index (χ1n) is 5.47. The van der Waals surface area contributed by atoms with Crippen LogP contribution in [0.25, 0.3) is 0 Å². The van der Waals surface area contributed by atoms with Gasteiger partial charge in [-0.05, 0) is 24.3 Å². The van der Waals surface area contributed by atoms with Crippen molar-refractivity contribution in [1.82, 2.24) is 4.98 Å². The molecule has 94 valence electrons. The second-order valence-corrected chi connectivity index (χ2v) is 4.49. The van der Waals surface area contributed by atoms with Gasteiger partial charge < -0.3 is 10.1 Å². The highest BCUT2D eigenvalue weighted by Crippen LogP contribution is 2.15. The van der Waals surface area contributed by atoms with Crippen molar-refractivity contribution in [2.45, 2.75) is 0 Å². The highest BCUT2D eigenvalue weighted by atomic mass is 35.5. The molecule has 3 nitrogen and oxygen atoms in total. The summed E-state index contributed by atoms with van der Waals surface area (Å²) in [7, 11) is 0. The molecule has 0 saturated heterocycles. The maximum atomic E-state index is 5.80. The smallest absolute Gasteiger partial charge is 0.139 e. The monoisotopic (exact) mass is 282 g/mol. The first-order valence-corrected chi connectivity index (χ1v) is 6.22. The lowest BCUT2D eigenvalue weighted by Crippen LogP contribution is -2.11. The van der Waals surface area contributed by atoms with Gasteiger partial charge in [0.05, 0.1) is 11.2 Å². The average molecular weight is 283 g/mol. The van der Waals surface area contributed by atoms with E-state index >= 15 is 0 Å². The van der Waals surface area contributed by atoms with E-state index in [2.05, 4.69) is 10.3 Å². The Balaban J connectivity index is 1.74. The van der Waals surface area contributed by atoms with Crippen LogP contribution in [0.5, 0.6) is 5.75 Å². The molecule has 0 atom stereocenters. The van der Waals surface area contributed by atoms with E-state index in [-0.39, 0.29) is 0 Å². The van der Waals surface area contributed by atoms with Gasteiger partial charge in [0.1, 0.15) is 12.4 Å². The van der Waals surface area contributed by atoms with Gasteiger partial charge >= 0.3 is 0 Å². The summed E-state index contributed by atoms with van der Waals surface area (Å²) in [4.78, 5) is 3.94. The molecule has 2 rings (SSSR count). The molecule has 0 aliphatic carbocycles. The zero-order chi connectivity index (χ0) is 12.8. The summed E-state index contributed by atoms with van der Waals surface area (Å²) in [5.74, 6) is 0.667. The SMILES string of the molecule is Clc1ccc(NCCOc2cncc(Cl)c2)cc1. The number of halogens is 2. The molecule has 1 heterocycles. The molecule has 1 aromatic carbocycles. The van der Waals surface area contributed by atoms with Crippen molar-refractivity contribution in [3.8, 4) is 5.75 Å². The first kappa shape index (κ1) is 13.0. The molecule has 0 aliphatic rings. The molecule has 0 bridgehead atoms. The zero-order valence-electron chi connectivity index (χ0n) is 9.57. The quantitative estimate of drug-likeness (QED) is 0.845. The van der Waals surface area contributed by atoms with E-state index in [1.54, 1.807) is 18.5 Å². The summed E-state index contributed by atoms with van der Waals surface area (Å²) in [6.45, 7) is 1.22.